The van der Waals surface area contributed by atoms with Gasteiger partial charge in [0.25, 0.3) is 16.7 Å². The number of carbonyl (C=O) groups is 1. The molecule has 3 aliphatic rings. The minimum atomic E-state index is -6.03. The molecule has 44 heteroatoms. The van der Waals surface area contributed by atoms with Gasteiger partial charge in [-0.2, -0.15) is 18.8 Å². The van der Waals surface area contributed by atoms with Gasteiger partial charge < -0.3 is 80.5 Å². The van der Waals surface area contributed by atoms with Crippen LogP contribution in [0.15, 0.2) is 34.9 Å². The zero-order valence-corrected chi connectivity index (χ0v) is 46.0. The summed E-state index contributed by atoms with van der Waals surface area (Å²) < 4.78 is 98.9. The second-order valence-corrected chi connectivity index (χ2v) is 25.6. The highest BCUT2D eigenvalue weighted by Gasteiger charge is 2.54. The monoisotopic (exact) mass is 1230 g/mol. The number of anilines is 3. The summed E-state index contributed by atoms with van der Waals surface area (Å²) in [4.78, 5) is 112. The highest BCUT2D eigenvalue weighted by atomic mass is 32.5. The summed E-state index contributed by atoms with van der Waals surface area (Å²) in [5.41, 5.74) is 15.8. The molecule has 15 N–H and O–H groups in total. The normalized spacial score (nSPS) is 29.2. The summed E-state index contributed by atoms with van der Waals surface area (Å²) in [5.74, 6) is -2.40. The van der Waals surface area contributed by atoms with Crippen LogP contribution in [0.3, 0.4) is 0 Å². The van der Waals surface area contributed by atoms with Gasteiger partial charge in [-0.15, -0.1) is 0 Å². The molecule has 9 rings (SSSR count). The lowest BCUT2D eigenvalue weighted by Crippen LogP contribution is -2.38. The van der Waals surface area contributed by atoms with Crippen molar-refractivity contribution < 1.29 is 104 Å². The average Bonchev–Trinajstić information content (AvgIpc) is 4.23. The Balaban J connectivity index is 0.879. The first kappa shape index (κ1) is 59.4. The quantitative estimate of drug-likeness (QED) is 0.0242. The van der Waals surface area contributed by atoms with E-state index in [1.807, 2.05) is 0 Å². The Hall–Kier alpha value is -5.22. The van der Waals surface area contributed by atoms with E-state index in [4.69, 9.17) is 66.1 Å². The van der Waals surface area contributed by atoms with Crippen LogP contribution in [-0.4, -0.2) is 189 Å². The lowest BCUT2D eigenvalue weighted by molar-refractivity contribution is -0.646. The lowest BCUT2D eigenvalue weighted by atomic mass is 9.94. The molecule has 80 heavy (non-hydrogen) atoms. The number of aromatic amines is 2. The fraction of sp³-hybridized carbons (Fsp3) is 0.556. The van der Waals surface area contributed by atoms with E-state index in [-0.39, 0.29) is 51.2 Å². The maximum atomic E-state index is 13.8. The van der Waals surface area contributed by atoms with Crippen molar-refractivity contribution in [1.82, 2.24) is 58.5 Å². The predicted molar refractivity (Wildman–Crippen MR) is 266 cm³/mol. The van der Waals surface area contributed by atoms with Gasteiger partial charge in [0.15, 0.2) is 35.1 Å². The summed E-state index contributed by atoms with van der Waals surface area (Å²) in [6, 6.07) is 0. The molecule has 3 saturated heterocycles. The molecule has 6 aromatic heterocycles. The van der Waals surface area contributed by atoms with E-state index in [1.54, 1.807) is 0 Å². The number of nitrogens with zero attached hydrogens (tertiary/aromatic N) is 11. The first-order valence-corrected chi connectivity index (χ1v) is 30.1. The summed E-state index contributed by atoms with van der Waals surface area (Å²) in [6.45, 7) is -8.19. The van der Waals surface area contributed by atoms with Crippen molar-refractivity contribution in [2.24, 2.45) is 13.0 Å². The van der Waals surface area contributed by atoms with Gasteiger partial charge >= 0.3 is 35.7 Å². The number of nitrogens with one attached hydrogen (secondary N) is 2. The van der Waals surface area contributed by atoms with Crippen LogP contribution in [0.5, 0.6) is 0 Å². The highest BCUT2D eigenvalue weighted by molar-refractivity contribution is 8.08. The van der Waals surface area contributed by atoms with Crippen LogP contribution in [0.1, 0.15) is 25.1 Å². The lowest BCUT2D eigenvalue weighted by Gasteiger charge is -2.26. The average molecular weight is 1230 g/mol. The minimum absolute atomic E-state index is 0.00808. The van der Waals surface area contributed by atoms with E-state index in [0.717, 1.165) is 24.3 Å². The second-order valence-electron chi connectivity index (χ2n) is 18.1. The molecule has 39 nitrogen and oxygen atoms in total. The Morgan fingerprint density at radius 2 is 1.31 bits per heavy atom. The number of nitrogen functional groups attached to an aromatic ring is 3. The van der Waals surface area contributed by atoms with Crippen LogP contribution in [0.2, 0.25) is 0 Å². The number of aromatic nitrogens is 12. The maximum Gasteiger partial charge on any atom is 0.488 e. The zero-order chi connectivity index (χ0) is 58.1. The predicted octanol–water partition coefficient (Wildman–Crippen LogP) is -3.86. The largest absolute Gasteiger partial charge is 0.488 e. The topological polar surface area (TPSA) is 545 Å². The molecule has 438 valence electrons. The number of aryl methyl sites for hydroxylation is 1. The molecule has 0 radical (unpaired) electrons. The number of hydrogen-bond donors (Lipinski definition) is 12. The molecule has 1 amide bonds. The fourth-order valence-electron chi connectivity index (χ4n) is 9.01. The number of fused-ring (bicyclic) bond motifs is 3. The molecule has 16 atom stereocenters. The van der Waals surface area contributed by atoms with Crippen LogP contribution in [0.25, 0.3) is 33.5 Å². The fourth-order valence-corrected chi connectivity index (χ4v) is 14.4. The molecule has 0 aromatic carbocycles. The first-order chi connectivity index (χ1) is 37.5. The van der Waals surface area contributed by atoms with E-state index in [1.165, 1.54) is 52.4 Å². The number of nitrogens with two attached hydrogens (primary N) is 3. The number of phosphoric acid groups is 3. The molecule has 0 bridgehead atoms. The van der Waals surface area contributed by atoms with Gasteiger partial charge in [0.2, 0.25) is 30.4 Å². The van der Waals surface area contributed by atoms with Gasteiger partial charge in [-0.25, -0.2) is 42.5 Å². The Morgan fingerprint density at radius 3 is 2.00 bits per heavy atom. The number of aliphatic hydroxyl groups is 3. The van der Waals surface area contributed by atoms with Crippen molar-refractivity contribution in [3.63, 3.8) is 0 Å². The highest BCUT2D eigenvalue weighted by Crippen LogP contribution is 2.68. The summed E-state index contributed by atoms with van der Waals surface area (Å²) in [5, 5.41) is 33.3. The third-order valence-electron chi connectivity index (χ3n) is 12.6. The Bertz CT molecular complexity index is 3660. The van der Waals surface area contributed by atoms with Gasteiger partial charge in [-0.1, -0.05) is 0 Å². The van der Waals surface area contributed by atoms with Crippen LogP contribution >= 0.6 is 30.2 Å². The smallest absolute Gasteiger partial charge is 0.387 e. The van der Waals surface area contributed by atoms with E-state index in [0.29, 0.717) is 0 Å². The molecule has 6 aromatic rings. The number of aliphatic hydroxyl groups excluding tert-OH is 3. The number of carbonyl (C=O) groups excluding carboxylic acids is 1. The van der Waals surface area contributed by atoms with Crippen molar-refractivity contribution in [3.05, 3.63) is 46.0 Å². The number of phosphoric ester groups is 2. The summed E-state index contributed by atoms with van der Waals surface area (Å²) >= 11 is 4.94. The van der Waals surface area contributed by atoms with Gasteiger partial charge in [0.05, 0.1) is 45.6 Å². The number of ether oxygens (including phenoxy) is 4. The van der Waals surface area contributed by atoms with Gasteiger partial charge in [0, 0.05) is 33.5 Å². The third-order valence-corrected chi connectivity index (χ3v) is 18.8. The molecule has 0 aliphatic carbocycles. The van der Waals surface area contributed by atoms with Crippen molar-refractivity contribution in [2.75, 3.05) is 58.2 Å². The van der Waals surface area contributed by atoms with Gasteiger partial charge in [-0.05, 0) is 11.8 Å². The minimum Gasteiger partial charge on any atom is -0.387 e. The molecule has 0 saturated carbocycles. The number of methoxy groups -OCH3 is 1. The molecular formula is C36H51N16O23P4S+. The van der Waals surface area contributed by atoms with Crippen molar-refractivity contribution in [3.8, 4) is 0 Å². The first-order valence-electron chi connectivity index (χ1n) is 23.0. The van der Waals surface area contributed by atoms with Crippen molar-refractivity contribution in [1.29, 1.82) is 0 Å². The molecular weight excluding hydrogens is 1180 g/mol. The number of amides is 1. The molecule has 4 unspecified atom stereocenters. The molecule has 0 spiro atoms. The molecule has 3 aliphatic heterocycles. The van der Waals surface area contributed by atoms with Crippen LogP contribution in [0.4, 0.5) is 17.7 Å². The summed E-state index contributed by atoms with van der Waals surface area (Å²) in [6.07, 6.45) is -13.3. The van der Waals surface area contributed by atoms with Gasteiger partial charge in [0.1, 0.15) is 54.6 Å². The summed E-state index contributed by atoms with van der Waals surface area (Å²) in [7, 11) is -11.8. The maximum absolute atomic E-state index is 13.8. The molecule has 9 heterocycles. The SMILES string of the molecule is CO[C@@H]1[C@H](OP(=O)(O)OC[C@H]2O[C@@H](n3cnc4c(=O)[nH]c(N)nc43)[C@H](O)[C@@H]2O)[C@@H](COP(O)(=S)OP(=O)(O)OP(=O)(O)OC[C@H]2O[C@@H](n3c[n+](C)c4c(=O)[nH]c(N)nc43)[C@H](O)[C@@H]2CC(=O)N(C)C)O[C@H]1n1cnc2c(N)ncnc21. The number of hydrogen-bond acceptors (Lipinski definition) is 29. The van der Waals surface area contributed by atoms with Gasteiger partial charge in [-0.3, -0.25) is 47.1 Å². The van der Waals surface area contributed by atoms with E-state index < -0.39 is 147 Å². The van der Waals surface area contributed by atoms with Crippen LogP contribution in [-0.2, 0) is 83.0 Å². The van der Waals surface area contributed by atoms with E-state index in [9.17, 15) is 63.0 Å². The standard InChI is InChI=1S/C36H50N16O23P4S/c1-48(2)17(53)5-13-14(70-32(21(13)54)52-12-49(3)20-29(52)45-36(39)47-31(20)58)6-68-77(61,62)74-78(63,64)75-79(65,80)69-8-16-24(25(66-4)34(72-16)50-10-42-18-26(37)40-9-41-27(18)50)73-76(59,60)67-7-15-22(55)23(56)33(71-15)51-11-43-19-28(51)44-35(38)46-30(19)57/h9-16,21-25,32-34,54-56H,5-8H2,1-4H3,(H11-,37,38,39,40,41,44,45,46,47,57,58,59,60,61,62,63,64,65,80)/p+1/t13-,14-,15-,16-,21-,22-,23-,24-,25-,32-,33-,34-,79?/m1/s1. The number of rotatable bonds is 21. The Kier molecular flexibility index (Phi) is 16.7. The van der Waals surface area contributed by atoms with Crippen LogP contribution < -0.4 is 32.9 Å². The van der Waals surface area contributed by atoms with Crippen molar-refractivity contribution >= 4 is 99.1 Å². The van der Waals surface area contributed by atoms with E-state index in [2.05, 4.69) is 48.5 Å². The molecule has 3 fully saturated rings. The Labute approximate surface area is 451 Å². The van der Waals surface area contributed by atoms with E-state index >= 15 is 0 Å². The third kappa shape index (κ3) is 12.1. The number of H-pyrrole nitrogens is 2. The number of imidazole rings is 3. The van der Waals surface area contributed by atoms with Crippen molar-refractivity contribution in [2.45, 2.75) is 73.9 Å². The second kappa shape index (κ2) is 22.5. The Morgan fingerprint density at radius 1 is 0.725 bits per heavy atom. The van der Waals surface area contributed by atoms with Crippen LogP contribution in [0, 0.1) is 5.92 Å². The zero-order valence-electron chi connectivity index (χ0n) is 41.6.